The highest BCUT2D eigenvalue weighted by Crippen LogP contribution is 2.17. The molecule has 1 heterocycles. The summed E-state index contributed by atoms with van der Waals surface area (Å²) in [4.78, 5) is 19.0. The van der Waals surface area contributed by atoms with E-state index in [1.165, 1.54) is 4.90 Å². The molecule has 0 bridgehead atoms. The highest BCUT2D eigenvalue weighted by atomic mass is 16.6. The predicted octanol–water partition coefficient (Wildman–Crippen LogP) is 1.20. The van der Waals surface area contributed by atoms with Gasteiger partial charge in [0.1, 0.15) is 0 Å². The number of rotatable bonds is 3. The van der Waals surface area contributed by atoms with E-state index in [2.05, 4.69) is 4.98 Å². The van der Waals surface area contributed by atoms with E-state index in [-0.39, 0.29) is 0 Å². The van der Waals surface area contributed by atoms with Crippen molar-refractivity contribution in [2.24, 2.45) is 0 Å². The van der Waals surface area contributed by atoms with Crippen molar-refractivity contribution in [2.75, 3.05) is 28.2 Å². The van der Waals surface area contributed by atoms with E-state index in [0.29, 0.717) is 12.3 Å². The van der Waals surface area contributed by atoms with Crippen molar-refractivity contribution in [1.29, 1.82) is 0 Å². The monoisotopic (exact) mass is 223 g/mol. The molecule has 1 amide bonds. The molecule has 0 N–H and O–H groups in total. The molecule has 5 heteroatoms. The number of hydrogen-bond donors (Lipinski definition) is 0. The Bertz CT molecular complexity index is 364. The van der Waals surface area contributed by atoms with E-state index in [0.717, 1.165) is 5.69 Å². The lowest BCUT2D eigenvalue weighted by Crippen LogP contribution is -2.26. The minimum atomic E-state index is -0.395. The maximum atomic E-state index is 11.4. The molecule has 0 saturated heterocycles. The Morgan fingerprint density at radius 3 is 2.62 bits per heavy atom. The Morgan fingerprint density at radius 1 is 1.38 bits per heavy atom. The summed E-state index contributed by atoms with van der Waals surface area (Å²) in [5.41, 5.74) is 0.753. The number of hydrogen-bond acceptors (Lipinski definition) is 4. The van der Waals surface area contributed by atoms with Gasteiger partial charge in [0.2, 0.25) is 0 Å². The number of pyridine rings is 1. The molecule has 0 aliphatic rings. The van der Waals surface area contributed by atoms with E-state index in [9.17, 15) is 4.79 Å². The van der Waals surface area contributed by atoms with Crippen molar-refractivity contribution in [3.63, 3.8) is 0 Å². The number of amides is 1. The number of carbonyl (C=O) groups is 1. The quantitative estimate of drug-likeness (QED) is 0.772. The van der Waals surface area contributed by atoms with E-state index in [1.54, 1.807) is 32.4 Å². The molecule has 0 spiro atoms. The summed E-state index contributed by atoms with van der Waals surface area (Å²) >= 11 is 0. The van der Waals surface area contributed by atoms with Gasteiger partial charge in [-0.15, -0.1) is 0 Å². The fraction of sp³-hybridized carbons (Fsp3) is 0.455. The second-order valence-electron chi connectivity index (χ2n) is 3.95. The van der Waals surface area contributed by atoms with Crippen LogP contribution < -0.4 is 4.74 Å². The largest absolute Gasteiger partial charge is 0.414 e. The molecule has 16 heavy (non-hydrogen) atoms. The van der Waals surface area contributed by atoms with Crippen LogP contribution in [0.25, 0.3) is 0 Å². The van der Waals surface area contributed by atoms with Crippen LogP contribution in [-0.2, 0) is 6.54 Å². The van der Waals surface area contributed by atoms with Crippen molar-refractivity contribution in [3.05, 3.63) is 24.0 Å². The lowest BCUT2D eigenvalue weighted by Gasteiger charge is -2.15. The summed E-state index contributed by atoms with van der Waals surface area (Å²) in [6.45, 7) is 0.636. The molecule has 1 aromatic heterocycles. The highest BCUT2D eigenvalue weighted by Gasteiger charge is 2.11. The Balaban J connectivity index is 2.82. The summed E-state index contributed by atoms with van der Waals surface area (Å²) in [6.07, 6.45) is 1.29. The van der Waals surface area contributed by atoms with Gasteiger partial charge in [-0.1, -0.05) is 0 Å². The second-order valence-corrected chi connectivity index (χ2v) is 3.95. The third kappa shape index (κ3) is 3.51. The first-order valence-electron chi connectivity index (χ1n) is 4.98. The van der Waals surface area contributed by atoms with Crippen molar-refractivity contribution < 1.29 is 9.53 Å². The topological polar surface area (TPSA) is 45.7 Å². The molecule has 0 aromatic carbocycles. The molecule has 1 rings (SSSR count). The Labute approximate surface area is 95.6 Å². The summed E-state index contributed by atoms with van der Waals surface area (Å²) < 4.78 is 5.21. The van der Waals surface area contributed by atoms with Gasteiger partial charge >= 0.3 is 6.09 Å². The van der Waals surface area contributed by atoms with Crippen LogP contribution >= 0.6 is 0 Å². The number of ether oxygens (including phenoxy) is 1. The zero-order valence-electron chi connectivity index (χ0n) is 10.1. The third-order valence-corrected chi connectivity index (χ3v) is 1.88. The SMILES string of the molecule is CN(C)Cc1ncccc1OC(=O)N(C)C. The van der Waals surface area contributed by atoms with E-state index in [1.807, 2.05) is 19.0 Å². The lowest BCUT2D eigenvalue weighted by molar-refractivity contribution is 0.170. The van der Waals surface area contributed by atoms with Gasteiger partial charge < -0.3 is 14.5 Å². The third-order valence-electron chi connectivity index (χ3n) is 1.88. The summed E-state index contributed by atoms with van der Waals surface area (Å²) in [7, 11) is 7.16. The molecule has 88 valence electrons. The van der Waals surface area contributed by atoms with Gasteiger partial charge in [-0.3, -0.25) is 4.98 Å². The highest BCUT2D eigenvalue weighted by molar-refractivity contribution is 5.70. The summed E-state index contributed by atoms with van der Waals surface area (Å²) in [6, 6.07) is 3.49. The van der Waals surface area contributed by atoms with Gasteiger partial charge in [0.25, 0.3) is 0 Å². The van der Waals surface area contributed by atoms with Crippen LogP contribution in [0.15, 0.2) is 18.3 Å². The first-order valence-corrected chi connectivity index (χ1v) is 4.98. The number of carbonyl (C=O) groups excluding carboxylic acids is 1. The smallest absolute Gasteiger partial charge is 0.408 e. The molecule has 0 unspecified atom stereocenters. The first kappa shape index (κ1) is 12.4. The molecule has 0 atom stereocenters. The average Bonchev–Trinajstić information content (AvgIpc) is 2.20. The van der Waals surface area contributed by atoms with Crippen LogP contribution in [0, 0.1) is 0 Å². The molecular weight excluding hydrogens is 206 g/mol. The van der Waals surface area contributed by atoms with Gasteiger partial charge in [0.05, 0.1) is 5.69 Å². The van der Waals surface area contributed by atoms with Crippen LogP contribution in [0.3, 0.4) is 0 Å². The zero-order valence-corrected chi connectivity index (χ0v) is 10.1. The van der Waals surface area contributed by atoms with Crippen LogP contribution in [0.5, 0.6) is 5.75 Å². The fourth-order valence-electron chi connectivity index (χ4n) is 1.12. The van der Waals surface area contributed by atoms with E-state index in [4.69, 9.17) is 4.74 Å². The van der Waals surface area contributed by atoms with Gasteiger partial charge in [-0.25, -0.2) is 4.79 Å². The minimum absolute atomic E-state index is 0.395. The van der Waals surface area contributed by atoms with E-state index >= 15 is 0 Å². The maximum Gasteiger partial charge on any atom is 0.414 e. The first-order chi connectivity index (χ1) is 7.50. The van der Waals surface area contributed by atoms with E-state index < -0.39 is 6.09 Å². The Kier molecular flexibility index (Phi) is 4.25. The average molecular weight is 223 g/mol. The molecule has 5 nitrogen and oxygen atoms in total. The van der Waals surface area contributed by atoms with Crippen molar-refractivity contribution in [3.8, 4) is 5.75 Å². The zero-order chi connectivity index (χ0) is 12.1. The standard InChI is InChI=1S/C11H17N3O2/c1-13(2)8-9-10(6-5-7-12-9)16-11(15)14(3)4/h5-7H,8H2,1-4H3. The number of nitrogens with zero attached hydrogens (tertiary/aromatic N) is 3. The van der Waals surface area contributed by atoms with Crippen LogP contribution in [0.2, 0.25) is 0 Å². The minimum Gasteiger partial charge on any atom is -0.408 e. The molecular formula is C11H17N3O2. The Hall–Kier alpha value is -1.62. The van der Waals surface area contributed by atoms with Crippen LogP contribution in [0.1, 0.15) is 5.69 Å². The molecule has 0 aliphatic heterocycles. The van der Waals surface area contributed by atoms with Gasteiger partial charge in [0, 0.05) is 26.8 Å². The van der Waals surface area contributed by atoms with Gasteiger partial charge in [-0.2, -0.15) is 0 Å². The molecule has 0 saturated carbocycles. The van der Waals surface area contributed by atoms with Crippen molar-refractivity contribution in [1.82, 2.24) is 14.8 Å². The normalized spacial score (nSPS) is 10.3. The lowest BCUT2D eigenvalue weighted by atomic mass is 10.3. The molecule has 0 aliphatic carbocycles. The van der Waals surface area contributed by atoms with Crippen LogP contribution in [0.4, 0.5) is 4.79 Å². The molecule has 0 radical (unpaired) electrons. The van der Waals surface area contributed by atoms with Gasteiger partial charge in [-0.05, 0) is 26.2 Å². The van der Waals surface area contributed by atoms with Crippen LogP contribution in [-0.4, -0.2) is 49.1 Å². The summed E-state index contributed by atoms with van der Waals surface area (Å²) in [5, 5.41) is 0. The summed E-state index contributed by atoms with van der Waals surface area (Å²) in [5.74, 6) is 0.509. The molecule has 0 fully saturated rings. The second kappa shape index (κ2) is 5.46. The fourth-order valence-corrected chi connectivity index (χ4v) is 1.12. The molecule has 1 aromatic rings. The van der Waals surface area contributed by atoms with Crippen molar-refractivity contribution in [2.45, 2.75) is 6.54 Å². The number of aromatic nitrogens is 1. The Morgan fingerprint density at radius 2 is 2.06 bits per heavy atom. The maximum absolute atomic E-state index is 11.4. The van der Waals surface area contributed by atoms with Gasteiger partial charge in [0.15, 0.2) is 5.75 Å². The predicted molar refractivity (Wildman–Crippen MR) is 61.3 cm³/mol. The van der Waals surface area contributed by atoms with Crippen molar-refractivity contribution >= 4 is 6.09 Å².